The Labute approximate surface area is 112 Å². The maximum Gasteiger partial charge on any atom is 0.123 e. The molecular weight excluding hydrogens is 245 g/mol. The summed E-state index contributed by atoms with van der Waals surface area (Å²) < 4.78 is 13.2. The quantitative estimate of drug-likeness (QED) is 0.861. The highest BCUT2D eigenvalue weighted by atomic mass is 32.1. The van der Waals surface area contributed by atoms with Crippen molar-refractivity contribution in [2.45, 2.75) is 25.8 Å². The Balaban J connectivity index is 2.14. The van der Waals surface area contributed by atoms with E-state index in [-0.39, 0.29) is 11.9 Å². The molecule has 1 aromatic carbocycles. The number of thiophene rings is 1. The zero-order chi connectivity index (χ0) is 13.0. The lowest BCUT2D eigenvalue weighted by Gasteiger charge is -2.14. The van der Waals surface area contributed by atoms with Gasteiger partial charge in [0.25, 0.3) is 0 Å². The van der Waals surface area contributed by atoms with Crippen molar-refractivity contribution in [1.82, 2.24) is 5.32 Å². The summed E-state index contributed by atoms with van der Waals surface area (Å²) in [6, 6.07) is 11.4. The highest BCUT2D eigenvalue weighted by Crippen LogP contribution is 2.26. The first kappa shape index (κ1) is 13.2. The Morgan fingerprint density at radius 3 is 2.72 bits per heavy atom. The Kier molecular flexibility index (Phi) is 4.50. The molecule has 0 spiro atoms. The largest absolute Gasteiger partial charge is 0.312 e. The first-order valence-electron chi connectivity index (χ1n) is 6.23. The topological polar surface area (TPSA) is 12.0 Å². The van der Waals surface area contributed by atoms with E-state index in [1.807, 2.05) is 24.5 Å². The lowest BCUT2D eigenvalue weighted by atomic mass is 10.0. The Bertz CT molecular complexity index is 507. The zero-order valence-corrected chi connectivity index (χ0v) is 11.6. The number of nitrogens with one attached hydrogen (secondary N) is 1. The van der Waals surface area contributed by atoms with Crippen LogP contribution in [-0.2, 0) is 12.8 Å². The maximum absolute atomic E-state index is 13.2. The fraction of sp³-hybridized carbons (Fsp3) is 0.333. The van der Waals surface area contributed by atoms with Crippen LogP contribution in [-0.4, -0.2) is 7.05 Å². The van der Waals surface area contributed by atoms with E-state index in [1.165, 1.54) is 15.8 Å². The predicted octanol–water partition coefficient (Wildman–Crippen LogP) is 3.95. The molecule has 96 valence electrons. The van der Waals surface area contributed by atoms with Gasteiger partial charge in [0.1, 0.15) is 5.82 Å². The first-order chi connectivity index (χ1) is 8.72. The van der Waals surface area contributed by atoms with Gasteiger partial charge in [-0.3, -0.25) is 0 Å². The van der Waals surface area contributed by atoms with E-state index >= 15 is 0 Å². The summed E-state index contributed by atoms with van der Waals surface area (Å²) in [5.74, 6) is -0.164. The van der Waals surface area contributed by atoms with E-state index in [0.717, 1.165) is 18.4 Å². The highest BCUT2D eigenvalue weighted by Gasteiger charge is 2.12. The van der Waals surface area contributed by atoms with Crippen LogP contribution in [0.3, 0.4) is 0 Å². The molecule has 2 rings (SSSR count). The summed E-state index contributed by atoms with van der Waals surface area (Å²) >= 11 is 1.83. The SMILES string of the molecule is CCc1ccc(C(Cc2cccc(F)c2)NC)s1. The van der Waals surface area contributed by atoms with Crippen molar-refractivity contribution >= 4 is 11.3 Å². The van der Waals surface area contributed by atoms with Crippen LogP contribution in [0.25, 0.3) is 0 Å². The van der Waals surface area contributed by atoms with Gasteiger partial charge in [-0.25, -0.2) is 4.39 Å². The Hall–Kier alpha value is -1.19. The number of aryl methyl sites for hydroxylation is 1. The molecule has 1 N–H and O–H groups in total. The molecule has 0 fully saturated rings. The first-order valence-corrected chi connectivity index (χ1v) is 7.05. The average molecular weight is 263 g/mol. The smallest absolute Gasteiger partial charge is 0.123 e. The molecule has 0 radical (unpaired) electrons. The van der Waals surface area contributed by atoms with Gasteiger partial charge in [0.05, 0.1) is 0 Å². The van der Waals surface area contributed by atoms with Crippen LogP contribution in [0.5, 0.6) is 0 Å². The monoisotopic (exact) mass is 263 g/mol. The molecule has 0 saturated carbocycles. The van der Waals surface area contributed by atoms with E-state index in [0.29, 0.717) is 0 Å². The Morgan fingerprint density at radius 1 is 1.28 bits per heavy atom. The maximum atomic E-state index is 13.2. The summed E-state index contributed by atoms with van der Waals surface area (Å²) in [5.41, 5.74) is 1.03. The van der Waals surface area contributed by atoms with Crippen LogP contribution in [0, 0.1) is 5.82 Å². The molecule has 0 amide bonds. The number of rotatable bonds is 5. The molecule has 3 heteroatoms. The molecule has 2 aromatic rings. The van der Waals surface area contributed by atoms with Gasteiger partial charge in [0.2, 0.25) is 0 Å². The highest BCUT2D eigenvalue weighted by molar-refractivity contribution is 7.12. The fourth-order valence-corrected chi connectivity index (χ4v) is 3.08. The van der Waals surface area contributed by atoms with Crippen molar-refractivity contribution in [3.8, 4) is 0 Å². The molecule has 0 saturated heterocycles. The third-order valence-electron chi connectivity index (χ3n) is 3.05. The summed E-state index contributed by atoms with van der Waals surface area (Å²) in [6.07, 6.45) is 1.89. The van der Waals surface area contributed by atoms with Crippen LogP contribution in [0.1, 0.15) is 28.3 Å². The second-order valence-electron chi connectivity index (χ2n) is 4.33. The lowest BCUT2D eigenvalue weighted by molar-refractivity contribution is 0.592. The minimum Gasteiger partial charge on any atom is -0.312 e. The molecule has 1 atom stereocenters. The average Bonchev–Trinajstić information content (AvgIpc) is 2.84. The van der Waals surface area contributed by atoms with E-state index in [4.69, 9.17) is 0 Å². The predicted molar refractivity (Wildman–Crippen MR) is 75.6 cm³/mol. The van der Waals surface area contributed by atoms with Crippen molar-refractivity contribution < 1.29 is 4.39 Å². The molecule has 1 aromatic heterocycles. The van der Waals surface area contributed by atoms with Crippen LogP contribution in [0.4, 0.5) is 4.39 Å². The molecular formula is C15H18FNS. The molecule has 0 bridgehead atoms. The standard InChI is InChI=1S/C15H18FNS/c1-3-13-7-8-15(18-13)14(17-2)10-11-5-4-6-12(16)9-11/h4-9,14,17H,3,10H2,1-2H3. The van der Waals surface area contributed by atoms with E-state index in [2.05, 4.69) is 24.4 Å². The normalized spacial score (nSPS) is 12.6. The third kappa shape index (κ3) is 3.18. The molecule has 1 unspecified atom stereocenters. The molecule has 1 heterocycles. The van der Waals surface area contributed by atoms with Crippen molar-refractivity contribution in [2.75, 3.05) is 7.05 Å². The summed E-state index contributed by atoms with van der Waals surface area (Å²) in [6.45, 7) is 2.16. The molecule has 0 aliphatic carbocycles. The summed E-state index contributed by atoms with van der Waals surface area (Å²) in [4.78, 5) is 2.71. The van der Waals surface area contributed by atoms with Crippen LogP contribution in [0.2, 0.25) is 0 Å². The van der Waals surface area contributed by atoms with Gasteiger partial charge in [-0.1, -0.05) is 19.1 Å². The molecule has 18 heavy (non-hydrogen) atoms. The zero-order valence-electron chi connectivity index (χ0n) is 10.7. The van der Waals surface area contributed by atoms with Crippen molar-refractivity contribution in [3.05, 3.63) is 57.5 Å². The van der Waals surface area contributed by atoms with Crippen molar-refractivity contribution in [2.24, 2.45) is 0 Å². The van der Waals surface area contributed by atoms with Gasteiger partial charge in [-0.15, -0.1) is 11.3 Å². The van der Waals surface area contributed by atoms with Gasteiger partial charge in [-0.05, 0) is 49.7 Å². The summed E-state index contributed by atoms with van der Waals surface area (Å²) in [5, 5.41) is 3.31. The van der Waals surface area contributed by atoms with E-state index < -0.39 is 0 Å². The van der Waals surface area contributed by atoms with Crippen molar-refractivity contribution in [3.63, 3.8) is 0 Å². The minimum atomic E-state index is -0.164. The number of halogens is 1. The van der Waals surface area contributed by atoms with Gasteiger partial charge in [0, 0.05) is 15.8 Å². The van der Waals surface area contributed by atoms with E-state index in [9.17, 15) is 4.39 Å². The van der Waals surface area contributed by atoms with Crippen LogP contribution >= 0.6 is 11.3 Å². The second-order valence-corrected chi connectivity index (χ2v) is 5.53. The molecule has 1 nitrogen and oxygen atoms in total. The van der Waals surface area contributed by atoms with Crippen LogP contribution in [0.15, 0.2) is 36.4 Å². The third-order valence-corrected chi connectivity index (χ3v) is 4.39. The molecule has 0 aliphatic heterocycles. The minimum absolute atomic E-state index is 0.164. The number of hydrogen-bond donors (Lipinski definition) is 1. The van der Waals surface area contributed by atoms with Gasteiger partial charge in [-0.2, -0.15) is 0 Å². The second kappa shape index (κ2) is 6.12. The number of hydrogen-bond acceptors (Lipinski definition) is 2. The lowest BCUT2D eigenvalue weighted by Crippen LogP contribution is -2.17. The number of likely N-dealkylation sites (N-methyl/N-ethyl adjacent to an activating group) is 1. The van der Waals surface area contributed by atoms with Gasteiger partial charge in [0.15, 0.2) is 0 Å². The van der Waals surface area contributed by atoms with Crippen LogP contribution < -0.4 is 5.32 Å². The van der Waals surface area contributed by atoms with Gasteiger partial charge < -0.3 is 5.32 Å². The van der Waals surface area contributed by atoms with E-state index in [1.54, 1.807) is 12.1 Å². The van der Waals surface area contributed by atoms with Gasteiger partial charge >= 0.3 is 0 Å². The fourth-order valence-electron chi connectivity index (χ4n) is 2.02. The van der Waals surface area contributed by atoms with Crippen molar-refractivity contribution in [1.29, 1.82) is 0 Å². The summed E-state index contributed by atoms with van der Waals surface area (Å²) in [7, 11) is 1.95. The Morgan fingerprint density at radius 2 is 2.11 bits per heavy atom. The number of benzene rings is 1. The molecule has 0 aliphatic rings.